The van der Waals surface area contributed by atoms with Crippen molar-refractivity contribution in [2.45, 2.75) is 19.9 Å². The first-order valence-electron chi connectivity index (χ1n) is 7.88. The van der Waals surface area contributed by atoms with Gasteiger partial charge in [0.2, 0.25) is 0 Å². The zero-order chi connectivity index (χ0) is 17.6. The van der Waals surface area contributed by atoms with Gasteiger partial charge in [-0.1, -0.05) is 19.1 Å². The third kappa shape index (κ3) is 4.19. The van der Waals surface area contributed by atoms with Gasteiger partial charge in [-0.2, -0.15) is 0 Å². The molecule has 0 spiro atoms. The van der Waals surface area contributed by atoms with E-state index in [2.05, 4.69) is 20.3 Å². The molecule has 0 radical (unpaired) electrons. The fraction of sp³-hybridized carbons (Fsp3) is 0.222. The minimum atomic E-state index is -0.195. The van der Waals surface area contributed by atoms with E-state index in [4.69, 9.17) is 4.74 Å². The number of ether oxygens (including phenoxy) is 1. The van der Waals surface area contributed by atoms with Gasteiger partial charge in [-0.25, -0.2) is 15.0 Å². The van der Waals surface area contributed by atoms with Crippen LogP contribution in [0.1, 0.15) is 28.0 Å². The van der Waals surface area contributed by atoms with Crippen LogP contribution in [0.15, 0.2) is 42.9 Å². The zero-order valence-corrected chi connectivity index (χ0v) is 14.8. The highest BCUT2D eigenvalue weighted by atomic mass is 32.1. The zero-order valence-electron chi connectivity index (χ0n) is 14.0. The van der Waals surface area contributed by atoms with E-state index < -0.39 is 0 Å². The molecule has 128 valence electrons. The molecular formula is C18H18N4O2S. The van der Waals surface area contributed by atoms with Crippen LogP contribution in [-0.2, 0) is 13.0 Å². The first-order chi connectivity index (χ1) is 12.2. The molecule has 0 unspecified atom stereocenters. The number of carbonyl (C=O) groups excluding carboxylic acids is 1. The van der Waals surface area contributed by atoms with Crippen molar-refractivity contribution in [1.29, 1.82) is 0 Å². The number of carbonyl (C=O) groups is 1. The number of aryl methyl sites for hydroxylation is 1. The summed E-state index contributed by atoms with van der Waals surface area (Å²) in [6.07, 6.45) is 5.62. The number of benzene rings is 1. The van der Waals surface area contributed by atoms with Crippen molar-refractivity contribution in [2.24, 2.45) is 0 Å². The molecule has 3 rings (SSSR count). The molecule has 7 heteroatoms. The quantitative estimate of drug-likeness (QED) is 0.736. The van der Waals surface area contributed by atoms with Gasteiger partial charge in [0.1, 0.15) is 16.6 Å². The number of hydrogen-bond acceptors (Lipinski definition) is 6. The van der Waals surface area contributed by atoms with Gasteiger partial charge >= 0.3 is 0 Å². The molecule has 1 aromatic carbocycles. The number of aromatic nitrogens is 3. The third-order valence-electron chi connectivity index (χ3n) is 3.58. The van der Waals surface area contributed by atoms with Crippen molar-refractivity contribution in [3.05, 3.63) is 59.1 Å². The van der Waals surface area contributed by atoms with E-state index in [0.29, 0.717) is 12.1 Å². The SMILES string of the molecule is CCc1ncc(C(=O)NCc2cnc(-c3cccc(OC)c3)s2)cn1. The van der Waals surface area contributed by atoms with Crippen molar-refractivity contribution in [3.63, 3.8) is 0 Å². The second-order valence-corrected chi connectivity index (χ2v) is 6.40. The Morgan fingerprint density at radius 1 is 1.20 bits per heavy atom. The molecule has 0 aliphatic carbocycles. The summed E-state index contributed by atoms with van der Waals surface area (Å²) in [5.41, 5.74) is 1.44. The Hall–Kier alpha value is -2.80. The summed E-state index contributed by atoms with van der Waals surface area (Å²) in [6, 6.07) is 7.74. The van der Waals surface area contributed by atoms with Crippen LogP contribution >= 0.6 is 11.3 Å². The van der Waals surface area contributed by atoms with E-state index in [0.717, 1.165) is 33.4 Å². The van der Waals surface area contributed by atoms with E-state index in [-0.39, 0.29) is 5.91 Å². The van der Waals surface area contributed by atoms with Gasteiger partial charge in [0.15, 0.2) is 0 Å². The highest BCUT2D eigenvalue weighted by Gasteiger charge is 2.09. The lowest BCUT2D eigenvalue weighted by molar-refractivity contribution is 0.0950. The molecule has 0 aliphatic heterocycles. The average molecular weight is 354 g/mol. The standard InChI is InChI=1S/C18H18N4O2S/c1-3-16-19-8-13(9-20-16)17(23)21-10-15-11-22-18(25-15)12-5-4-6-14(7-12)24-2/h4-9,11H,3,10H2,1-2H3,(H,21,23). The molecule has 0 bridgehead atoms. The highest BCUT2D eigenvalue weighted by molar-refractivity contribution is 7.15. The lowest BCUT2D eigenvalue weighted by Crippen LogP contribution is -2.22. The van der Waals surface area contributed by atoms with Crippen molar-refractivity contribution >= 4 is 17.2 Å². The first-order valence-corrected chi connectivity index (χ1v) is 8.69. The summed E-state index contributed by atoms with van der Waals surface area (Å²) in [4.78, 5) is 25.8. The second-order valence-electron chi connectivity index (χ2n) is 5.29. The molecule has 6 nitrogen and oxygen atoms in total. The summed E-state index contributed by atoms with van der Waals surface area (Å²) < 4.78 is 5.24. The molecule has 1 N–H and O–H groups in total. The monoisotopic (exact) mass is 354 g/mol. The van der Waals surface area contributed by atoms with E-state index in [1.807, 2.05) is 31.2 Å². The third-order valence-corrected chi connectivity index (χ3v) is 4.62. The number of hydrogen-bond donors (Lipinski definition) is 1. The summed E-state index contributed by atoms with van der Waals surface area (Å²) in [7, 11) is 1.64. The highest BCUT2D eigenvalue weighted by Crippen LogP contribution is 2.27. The number of methoxy groups -OCH3 is 1. The van der Waals surface area contributed by atoms with Crippen molar-refractivity contribution < 1.29 is 9.53 Å². The van der Waals surface area contributed by atoms with Gasteiger partial charge in [0, 0.05) is 35.5 Å². The van der Waals surface area contributed by atoms with Crippen LogP contribution in [-0.4, -0.2) is 28.0 Å². The first kappa shape index (κ1) is 17.0. The van der Waals surface area contributed by atoms with E-state index >= 15 is 0 Å². The summed E-state index contributed by atoms with van der Waals surface area (Å²) in [5.74, 6) is 1.32. The Morgan fingerprint density at radius 3 is 2.72 bits per heavy atom. The maximum atomic E-state index is 12.2. The predicted octanol–water partition coefficient (Wildman–Crippen LogP) is 3.10. The van der Waals surface area contributed by atoms with Crippen LogP contribution in [0, 0.1) is 0 Å². The van der Waals surface area contributed by atoms with Crippen molar-refractivity contribution in [1.82, 2.24) is 20.3 Å². The number of rotatable bonds is 6. The fourth-order valence-electron chi connectivity index (χ4n) is 2.20. The van der Waals surface area contributed by atoms with Gasteiger partial charge in [-0.3, -0.25) is 4.79 Å². The lowest BCUT2D eigenvalue weighted by Gasteiger charge is -2.03. The normalized spacial score (nSPS) is 10.5. The van der Waals surface area contributed by atoms with E-state index in [1.165, 1.54) is 11.3 Å². The van der Waals surface area contributed by atoms with Crippen LogP contribution in [0.4, 0.5) is 0 Å². The summed E-state index contributed by atoms with van der Waals surface area (Å²) in [6.45, 7) is 2.38. The minimum Gasteiger partial charge on any atom is -0.497 e. The average Bonchev–Trinajstić information content (AvgIpc) is 3.15. The number of thiazole rings is 1. The Labute approximate surface area is 149 Å². The van der Waals surface area contributed by atoms with Gasteiger partial charge in [-0.15, -0.1) is 11.3 Å². The molecule has 2 heterocycles. The number of amides is 1. The van der Waals surface area contributed by atoms with Crippen LogP contribution in [0.2, 0.25) is 0 Å². The Balaban J connectivity index is 1.63. The Morgan fingerprint density at radius 2 is 2.00 bits per heavy atom. The molecule has 0 saturated carbocycles. The van der Waals surface area contributed by atoms with Crippen LogP contribution in [0.25, 0.3) is 10.6 Å². The molecule has 3 aromatic rings. The van der Waals surface area contributed by atoms with Crippen molar-refractivity contribution in [3.8, 4) is 16.3 Å². The molecule has 0 atom stereocenters. The van der Waals surface area contributed by atoms with Gasteiger partial charge in [0.05, 0.1) is 19.2 Å². The number of nitrogens with one attached hydrogen (secondary N) is 1. The Kier molecular flexibility index (Phi) is 5.35. The van der Waals surface area contributed by atoms with Crippen LogP contribution in [0.5, 0.6) is 5.75 Å². The van der Waals surface area contributed by atoms with Gasteiger partial charge in [-0.05, 0) is 12.1 Å². The topological polar surface area (TPSA) is 77.0 Å². The molecule has 2 aromatic heterocycles. The molecule has 25 heavy (non-hydrogen) atoms. The van der Waals surface area contributed by atoms with Gasteiger partial charge in [0.25, 0.3) is 5.91 Å². The van der Waals surface area contributed by atoms with E-state index in [1.54, 1.807) is 25.7 Å². The molecule has 0 saturated heterocycles. The van der Waals surface area contributed by atoms with Gasteiger partial charge < -0.3 is 10.1 Å². The smallest absolute Gasteiger partial charge is 0.254 e. The number of nitrogens with zero attached hydrogens (tertiary/aromatic N) is 3. The molecule has 0 aliphatic rings. The predicted molar refractivity (Wildman–Crippen MR) is 96.7 cm³/mol. The van der Waals surface area contributed by atoms with Crippen LogP contribution < -0.4 is 10.1 Å². The van der Waals surface area contributed by atoms with E-state index in [9.17, 15) is 4.79 Å². The maximum Gasteiger partial charge on any atom is 0.254 e. The summed E-state index contributed by atoms with van der Waals surface area (Å²) >= 11 is 1.54. The van der Waals surface area contributed by atoms with Crippen LogP contribution in [0.3, 0.4) is 0 Å². The molecule has 1 amide bonds. The largest absolute Gasteiger partial charge is 0.497 e. The lowest BCUT2D eigenvalue weighted by atomic mass is 10.2. The fourth-order valence-corrected chi connectivity index (χ4v) is 3.05. The van der Waals surface area contributed by atoms with Crippen molar-refractivity contribution in [2.75, 3.05) is 7.11 Å². The Bertz CT molecular complexity index is 862. The molecular weight excluding hydrogens is 336 g/mol. The summed E-state index contributed by atoms with van der Waals surface area (Å²) in [5, 5.41) is 3.75. The maximum absolute atomic E-state index is 12.2. The molecule has 0 fully saturated rings. The minimum absolute atomic E-state index is 0.195. The second kappa shape index (κ2) is 7.85.